The van der Waals surface area contributed by atoms with Gasteiger partial charge in [0, 0.05) is 24.9 Å². The third-order valence-corrected chi connectivity index (χ3v) is 2.40. The van der Waals surface area contributed by atoms with Crippen LogP contribution in [0.3, 0.4) is 0 Å². The van der Waals surface area contributed by atoms with Crippen molar-refractivity contribution in [1.29, 1.82) is 0 Å². The Labute approximate surface area is 92.3 Å². The van der Waals surface area contributed by atoms with E-state index in [2.05, 4.69) is 10.3 Å². The summed E-state index contributed by atoms with van der Waals surface area (Å²) in [6, 6.07) is 5.25. The van der Waals surface area contributed by atoms with Crippen LogP contribution in [0.4, 0.5) is 5.69 Å². The molecule has 0 spiro atoms. The molecule has 1 aromatic heterocycles. The van der Waals surface area contributed by atoms with E-state index in [1.54, 1.807) is 12.3 Å². The van der Waals surface area contributed by atoms with Crippen LogP contribution in [-0.2, 0) is 4.79 Å². The van der Waals surface area contributed by atoms with E-state index in [1.165, 1.54) is 13.0 Å². The lowest BCUT2D eigenvalue weighted by Crippen LogP contribution is -2.08. The first-order chi connectivity index (χ1) is 7.56. The summed E-state index contributed by atoms with van der Waals surface area (Å²) in [5, 5.41) is 4.50. The molecule has 0 unspecified atom stereocenters. The zero-order chi connectivity index (χ0) is 11.7. The molecule has 2 N–H and O–H groups in total. The monoisotopic (exact) mass is 216 g/mol. The van der Waals surface area contributed by atoms with Gasteiger partial charge in [-0.15, -0.1) is 0 Å². The van der Waals surface area contributed by atoms with Crippen molar-refractivity contribution in [2.45, 2.75) is 13.8 Å². The summed E-state index contributed by atoms with van der Waals surface area (Å²) in [4.78, 5) is 24.8. The average molecular weight is 216 g/mol. The van der Waals surface area contributed by atoms with Gasteiger partial charge in [0.25, 0.3) is 0 Å². The topological polar surface area (TPSA) is 62.0 Å². The Hall–Kier alpha value is -2.10. The van der Waals surface area contributed by atoms with Crippen molar-refractivity contribution in [3.05, 3.63) is 40.3 Å². The maximum atomic E-state index is 11.2. The molecule has 0 atom stereocenters. The standard InChI is InChI=1S/C12H12N2O2/c1-7-3-10-6-13-12(16)5-9(10)4-11(7)14-8(2)15/h3-6H,1-2H3,(H,13,16)(H,14,15). The highest BCUT2D eigenvalue weighted by molar-refractivity contribution is 5.94. The minimum Gasteiger partial charge on any atom is -0.328 e. The van der Waals surface area contributed by atoms with Gasteiger partial charge in [0.1, 0.15) is 0 Å². The lowest BCUT2D eigenvalue weighted by molar-refractivity contribution is -0.114. The Balaban J connectivity index is 2.63. The third-order valence-electron chi connectivity index (χ3n) is 2.40. The zero-order valence-corrected chi connectivity index (χ0v) is 9.13. The van der Waals surface area contributed by atoms with Crippen LogP contribution in [0.1, 0.15) is 12.5 Å². The van der Waals surface area contributed by atoms with Crippen molar-refractivity contribution in [3.63, 3.8) is 0 Å². The Morgan fingerprint density at radius 2 is 2.00 bits per heavy atom. The number of hydrogen-bond acceptors (Lipinski definition) is 2. The molecule has 2 rings (SSSR count). The van der Waals surface area contributed by atoms with Gasteiger partial charge in [-0.2, -0.15) is 0 Å². The van der Waals surface area contributed by atoms with E-state index in [1.807, 2.05) is 13.0 Å². The van der Waals surface area contributed by atoms with Crippen LogP contribution in [0.25, 0.3) is 10.8 Å². The summed E-state index contributed by atoms with van der Waals surface area (Å²) < 4.78 is 0. The second-order valence-electron chi connectivity index (χ2n) is 3.77. The highest BCUT2D eigenvalue weighted by Crippen LogP contribution is 2.21. The molecule has 0 aliphatic heterocycles. The summed E-state index contributed by atoms with van der Waals surface area (Å²) in [7, 11) is 0. The number of carbonyl (C=O) groups is 1. The largest absolute Gasteiger partial charge is 0.328 e. The molecule has 0 aliphatic carbocycles. The van der Waals surface area contributed by atoms with Gasteiger partial charge >= 0.3 is 0 Å². The van der Waals surface area contributed by atoms with Gasteiger partial charge in [-0.3, -0.25) is 9.59 Å². The summed E-state index contributed by atoms with van der Waals surface area (Å²) in [5.41, 5.74) is 1.56. The van der Waals surface area contributed by atoms with Gasteiger partial charge in [0.2, 0.25) is 11.5 Å². The molecule has 82 valence electrons. The molecule has 1 heterocycles. The highest BCUT2D eigenvalue weighted by Gasteiger charge is 2.03. The first-order valence-corrected chi connectivity index (χ1v) is 4.97. The Morgan fingerprint density at radius 1 is 1.25 bits per heavy atom. The maximum Gasteiger partial charge on any atom is 0.248 e. The van der Waals surface area contributed by atoms with Crippen molar-refractivity contribution in [1.82, 2.24) is 4.98 Å². The molecule has 0 bridgehead atoms. The predicted octanol–water partition coefficient (Wildman–Crippen LogP) is 1.79. The normalized spacial score (nSPS) is 10.4. The smallest absolute Gasteiger partial charge is 0.248 e. The van der Waals surface area contributed by atoms with Crippen LogP contribution in [0.5, 0.6) is 0 Å². The molecule has 4 nitrogen and oxygen atoms in total. The highest BCUT2D eigenvalue weighted by atomic mass is 16.1. The van der Waals surface area contributed by atoms with Crippen molar-refractivity contribution >= 4 is 22.4 Å². The van der Waals surface area contributed by atoms with E-state index in [4.69, 9.17) is 0 Å². The fourth-order valence-electron chi connectivity index (χ4n) is 1.65. The Kier molecular flexibility index (Phi) is 2.48. The fourth-order valence-corrected chi connectivity index (χ4v) is 1.65. The first-order valence-electron chi connectivity index (χ1n) is 4.97. The first kappa shape index (κ1) is 10.4. The molecular weight excluding hydrogens is 204 g/mol. The number of aromatic nitrogens is 1. The van der Waals surface area contributed by atoms with E-state index >= 15 is 0 Å². The fraction of sp³-hybridized carbons (Fsp3) is 0.167. The van der Waals surface area contributed by atoms with Gasteiger partial charge in [0.05, 0.1) is 0 Å². The van der Waals surface area contributed by atoms with Crippen LogP contribution >= 0.6 is 0 Å². The maximum absolute atomic E-state index is 11.2. The van der Waals surface area contributed by atoms with Crippen molar-refractivity contribution < 1.29 is 4.79 Å². The summed E-state index contributed by atoms with van der Waals surface area (Å²) in [6.07, 6.45) is 1.67. The van der Waals surface area contributed by atoms with E-state index in [0.29, 0.717) is 0 Å². The number of pyridine rings is 1. The Morgan fingerprint density at radius 3 is 2.69 bits per heavy atom. The second-order valence-corrected chi connectivity index (χ2v) is 3.77. The number of hydrogen-bond donors (Lipinski definition) is 2. The number of nitrogens with one attached hydrogen (secondary N) is 2. The van der Waals surface area contributed by atoms with Gasteiger partial charge in [-0.1, -0.05) is 0 Å². The number of rotatable bonds is 1. The number of anilines is 1. The molecule has 0 saturated heterocycles. The summed E-state index contributed by atoms with van der Waals surface area (Å²) in [6.45, 7) is 3.37. The third kappa shape index (κ3) is 1.95. The number of fused-ring (bicyclic) bond motifs is 1. The van der Waals surface area contributed by atoms with Gasteiger partial charge in [-0.05, 0) is 35.4 Å². The van der Waals surface area contributed by atoms with E-state index < -0.39 is 0 Å². The zero-order valence-electron chi connectivity index (χ0n) is 9.13. The van der Waals surface area contributed by atoms with Crippen molar-refractivity contribution in [3.8, 4) is 0 Å². The van der Waals surface area contributed by atoms with Crippen LogP contribution in [0.2, 0.25) is 0 Å². The molecule has 16 heavy (non-hydrogen) atoms. The van der Waals surface area contributed by atoms with E-state index in [0.717, 1.165) is 22.0 Å². The molecule has 0 aliphatic rings. The Bertz CT molecular complexity index is 614. The predicted molar refractivity (Wildman–Crippen MR) is 63.6 cm³/mol. The summed E-state index contributed by atoms with van der Waals surface area (Å²) >= 11 is 0. The average Bonchev–Trinajstić information content (AvgIpc) is 2.19. The number of carbonyl (C=O) groups excluding carboxylic acids is 1. The van der Waals surface area contributed by atoms with Crippen molar-refractivity contribution in [2.24, 2.45) is 0 Å². The van der Waals surface area contributed by atoms with E-state index in [-0.39, 0.29) is 11.5 Å². The van der Waals surface area contributed by atoms with Gasteiger partial charge in [0.15, 0.2) is 0 Å². The number of aromatic amines is 1. The molecule has 4 heteroatoms. The second kappa shape index (κ2) is 3.81. The molecule has 0 radical (unpaired) electrons. The quantitative estimate of drug-likeness (QED) is 0.763. The lowest BCUT2D eigenvalue weighted by atomic mass is 10.1. The van der Waals surface area contributed by atoms with Crippen LogP contribution < -0.4 is 10.9 Å². The molecular formula is C12H12N2O2. The number of benzene rings is 1. The lowest BCUT2D eigenvalue weighted by Gasteiger charge is -2.08. The molecule has 0 fully saturated rings. The SMILES string of the molecule is CC(=O)Nc1cc2cc(=O)[nH]cc2cc1C. The molecule has 1 amide bonds. The van der Waals surface area contributed by atoms with Gasteiger partial charge in [-0.25, -0.2) is 0 Å². The summed E-state index contributed by atoms with van der Waals surface area (Å²) in [5.74, 6) is -0.118. The van der Waals surface area contributed by atoms with E-state index in [9.17, 15) is 9.59 Å². The minimum absolute atomic E-state index is 0.118. The van der Waals surface area contributed by atoms with Crippen LogP contribution in [-0.4, -0.2) is 10.9 Å². The number of amides is 1. The number of aryl methyl sites for hydroxylation is 1. The van der Waals surface area contributed by atoms with Crippen molar-refractivity contribution in [2.75, 3.05) is 5.32 Å². The number of H-pyrrole nitrogens is 1. The van der Waals surface area contributed by atoms with Gasteiger partial charge < -0.3 is 10.3 Å². The molecule has 0 saturated carbocycles. The van der Waals surface area contributed by atoms with Crippen LogP contribution in [0, 0.1) is 6.92 Å². The molecule has 1 aromatic carbocycles. The molecule has 2 aromatic rings. The van der Waals surface area contributed by atoms with Crippen LogP contribution in [0.15, 0.2) is 29.2 Å². The minimum atomic E-state index is -0.148.